The fourth-order valence-electron chi connectivity index (χ4n) is 5.25. The van der Waals surface area contributed by atoms with Gasteiger partial charge in [-0.05, 0) is 47.7 Å². The molecule has 0 unspecified atom stereocenters. The molecule has 39 heavy (non-hydrogen) atoms. The number of amides is 2. The molecule has 4 aromatic rings. The highest BCUT2D eigenvalue weighted by Crippen LogP contribution is 2.43. The van der Waals surface area contributed by atoms with Crippen LogP contribution in [0.5, 0.6) is 0 Å². The van der Waals surface area contributed by atoms with Gasteiger partial charge in [-0.1, -0.05) is 69.3 Å². The van der Waals surface area contributed by atoms with Crippen LogP contribution in [0.15, 0.2) is 77.7 Å². The number of nitrogens with zero attached hydrogens (tertiary/aromatic N) is 2. The molecule has 0 aliphatic carbocycles. The smallest absolute Gasteiger partial charge is 0.257 e. The van der Waals surface area contributed by atoms with E-state index in [0.29, 0.717) is 5.56 Å². The summed E-state index contributed by atoms with van der Waals surface area (Å²) in [5.41, 5.74) is 7.46. The summed E-state index contributed by atoms with van der Waals surface area (Å²) in [4.78, 5) is 30.3. The van der Waals surface area contributed by atoms with Gasteiger partial charge in [0.25, 0.3) is 21.8 Å². The fourth-order valence-corrected chi connectivity index (χ4v) is 6.11. The average Bonchev–Trinajstić information content (AvgIpc) is 3.32. The number of para-hydroxylation sites is 1. The molecule has 1 aliphatic heterocycles. The lowest BCUT2D eigenvalue weighted by molar-refractivity contribution is -0.122. The summed E-state index contributed by atoms with van der Waals surface area (Å²) in [6, 6.07) is 21.3. The Kier molecular flexibility index (Phi) is 6.60. The van der Waals surface area contributed by atoms with E-state index in [1.807, 2.05) is 71.1 Å². The molecule has 9 heteroatoms. The molecule has 0 fully saturated rings. The number of nitrogens with one attached hydrogen (secondary N) is 2. The van der Waals surface area contributed by atoms with E-state index in [1.165, 1.54) is 17.0 Å². The summed E-state index contributed by atoms with van der Waals surface area (Å²) >= 11 is 0. The van der Waals surface area contributed by atoms with Crippen molar-refractivity contribution in [2.24, 2.45) is 7.05 Å². The van der Waals surface area contributed by atoms with E-state index < -0.39 is 22.0 Å². The Morgan fingerprint density at radius 2 is 1.59 bits per heavy atom. The highest BCUT2D eigenvalue weighted by Gasteiger charge is 2.40. The number of aromatic nitrogens is 1. The van der Waals surface area contributed by atoms with E-state index in [-0.39, 0.29) is 22.8 Å². The number of hydrogen-bond acceptors (Lipinski definition) is 4. The first-order valence-corrected chi connectivity index (χ1v) is 14.2. The molecule has 0 spiro atoms. The van der Waals surface area contributed by atoms with Crippen LogP contribution in [0.25, 0.3) is 10.9 Å². The summed E-state index contributed by atoms with van der Waals surface area (Å²) in [6.07, 6.45) is 0. The maximum absolute atomic E-state index is 13.5. The second-order valence-electron chi connectivity index (χ2n) is 10.9. The Morgan fingerprint density at radius 3 is 2.28 bits per heavy atom. The van der Waals surface area contributed by atoms with E-state index >= 15 is 0 Å². The first-order valence-electron chi connectivity index (χ1n) is 12.7. The molecule has 0 saturated heterocycles. The van der Waals surface area contributed by atoms with E-state index in [2.05, 4.69) is 14.8 Å². The highest BCUT2D eigenvalue weighted by molar-refractivity contribution is 7.89. The van der Waals surface area contributed by atoms with E-state index in [1.54, 1.807) is 24.3 Å². The summed E-state index contributed by atoms with van der Waals surface area (Å²) in [5.74, 6) is -0.923. The minimum Gasteiger partial charge on any atom is -0.348 e. The summed E-state index contributed by atoms with van der Waals surface area (Å²) in [6.45, 7) is 7.80. The molecule has 3 aromatic carbocycles. The number of benzene rings is 3. The Hall–Kier alpha value is -3.95. The maximum atomic E-state index is 13.5. The second kappa shape index (κ2) is 9.66. The molecule has 0 radical (unpaired) electrons. The summed E-state index contributed by atoms with van der Waals surface area (Å²) in [7, 11) is -2.03. The van der Waals surface area contributed by atoms with Crippen LogP contribution in [0.4, 0.5) is 0 Å². The van der Waals surface area contributed by atoms with Gasteiger partial charge in [0.2, 0.25) is 0 Å². The van der Waals surface area contributed by atoms with Gasteiger partial charge < -0.3 is 9.47 Å². The third-order valence-corrected chi connectivity index (χ3v) is 8.71. The minimum atomic E-state index is -4.00. The van der Waals surface area contributed by atoms with Crippen molar-refractivity contribution < 1.29 is 18.0 Å². The SMILES string of the molecule is Cc1c([C@@H]2c3ccccc3C(=O)N2CC(=O)NNS(=O)(=O)c2ccc(C(C)(C)C)cc2)c2ccccc2n1C. The zero-order valence-electron chi connectivity index (χ0n) is 22.6. The number of sulfonamides is 1. The van der Waals surface area contributed by atoms with Gasteiger partial charge in [0.05, 0.1) is 10.9 Å². The molecule has 0 saturated carbocycles. The average molecular weight is 545 g/mol. The monoisotopic (exact) mass is 544 g/mol. The number of fused-ring (bicyclic) bond motifs is 2. The molecular weight excluding hydrogens is 512 g/mol. The van der Waals surface area contributed by atoms with E-state index in [0.717, 1.165) is 33.3 Å². The maximum Gasteiger partial charge on any atom is 0.257 e. The third-order valence-electron chi connectivity index (χ3n) is 7.45. The van der Waals surface area contributed by atoms with Crippen molar-refractivity contribution in [3.63, 3.8) is 0 Å². The van der Waals surface area contributed by atoms with Crippen LogP contribution >= 0.6 is 0 Å². The zero-order valence-corrected chi connectivity index (χ0v) is 23.5. The molecule has 8 nitrogen and oxygen atoms in total. The van der Waals surface area contributed by atoms with Crippen molar-refractivity contribution in [3.8, 4) is 0 Å². The van der Waals surface area contributed by atoms with Crippen LogP contribution in [-0.2, 0) is 27.3 Å². The molecule has 2 heterocycles. The van der Waals surface area contributed by atoms with E-state index in [4.69, 9.17) is 0 Å². The first kappa shape index (κ1) is 26.6. The van der Waals surface area contributed by atoms with E-state index in [9.17, 15) is 18.0 Å². The van der Waals surface area contributed by atoms with Gasteiger partial charge in [0.1, 0.15) is 6.54 Å². The zero-order chi connectivity index (χ0) is 28.1. The summed E-state index contributed by atoms with van der Waals surface area (Å²) < 4.78 is 27.8. The van der Waals surface area contributed by atoms with Crippen molar-refractivity contribution in [3.05, 3.63) is 101 Å². The van der Waals surface area contributed by atoms with Gasteiger partial charge in [0, 0.05) is 34.8 Å². The lowest BCUT2D eigenvalue weighted by Gasteiger charge is -2.26. The van der Waals surface area contributed by atoms with Crippen LogP contribution in [0.1, 0.15) is 59.6 Å². The van der Waals surface area contributed by atoms with Crippen molar-refractivity contribution >= 4 is 32.7 Å². The van der Waals surface area contributed by atoms with Crippen LogP contribution in [0.2, 0.25) is 0 Å². The number of carbonyl (C=O) groups is 2. The van der Waals surface area contributed by atoms with Gasteiger partial charge in [-0.15, -0.1) is 4.83 Å². The molecule has 5 rings (SSSR count). The Morgan fingerprint density at radius 1 is 0.949 bits per heavy atom. The molecule has 202 valence electrons. The van der Waals surface area contributed by atoms with Crippen molar-refractivity contribution in [2.45, 2.75) is 44.0 Å². The second-order valence-corrected chi connectivity index (χ2v) is 12.6. The van der Waals surface area contributed by atoms with Crippen LogP contribution in [-0.4, -0.2) is 36.2 Å². The number of carbonyl (C=O) groups excluding carboxylic acids is 2. The first-order chi connectivity index (χ1) is 18.4. The largest absolute Gasteiger partial charge is 0.348 e. The predicted molar refractivity (Wildman–Crippen MR) is 151 cm³/mol. The highest BCUT2D eigenvalue weighted by atomic mass is 32.2. The Bertz CT molecular complexity index is 1700. The molecular formula is C30H32N4O4S. The molecule has 2 N–H and O–H groups in total. The van der Waals surface area contributed by atoms with Crippen molar-refractivity contribution in [1.29, 1.82) is 0 Å². The Labute approximate surface area is 228 Å². The number of hydrogen-bond donors (Lipinski definition) is 2. The normalized spacial score (nSPS) is 15.6. The number of hydrazine groups is 1. The molecule has 2 amide bonds. The van der Waals surface area contributed by atoms with Gasteiger partial charge in [0.15, 0.2) is 0 Å². The molecule has 1 aliphatic rings. The van der Waals surface area contributed by atoms with Gasteiger partial charge in [-0.25, -0.2) is 8.42 Å². The number of rotatable bonds is 6. The fraction of sp³-hybridized carbons (Fsp3) is 0.267. The minimum absolute atomic E-state index is 0.0321. The van der Waals surface area contributed by atoms with Crippen molar-refractivity contribution in [2.75, 3.05) is 6.54 Å². The lowest BCUT2D eigenvalue weighted by atomic mass is 9.87. The number of aryl methyl sites for hydroxylation is 1. The Balaban J connectivity index is 1.41. The van der Waals surface area contributed by atoms with Crippen LogP contribution < -0.4 is 10.3 Å². The van der Waals surface area contributed by atoms with Gasteiger partial charge in [-0.2, -0.15) is 0 Å². The molecule has 0 bridgehead atoms. The third kappa shape index (κ3) is 4.72. The van der Waals surface area contributed by atoms with Crippen LogP contribution in [0.3, 0.4) is 0 Å². The topological polar surface area (TPSA) is 101 Å². The molecule has 1 aromatic heterocycles. The molecule has 1 atom stereocenters. The summed E-state index contributed by atoms with van der Waals surface area (Å²) in [5, 5.41) is 0.997. The lowest BCUT2D eigenvalue weighted by Crippen LogP contribution is -2.47. The van der Waals surface area contributed by atoms with Crippen molar-refractivity contribution in [1.82, 2.24) is 19.7 Å². The predicted octanol–water partition coefficient (Wildman–Crippen LogP) is 4.34. The van der Waals surface area contributed by atoms with Crippen LogP contribution in [0, 0.1) is 6.92 Å². The quantitative estimate of drug-likeness (QED) is 0.353. The van der Waals surface area contributed by atoms with Gasteiger partial charge in [-0.3, -0.25) is 15.0 Å². The van der Waals surface area contributed by atoms with Gasteiger partial charge >= 0.3 is 0 Å². The standard InChI is InChI=1S/C30H32N4O4S/c1-19-27(24-12-8-9-13-25(24)33(19)5)28-22-10-6-7-11-23(22)29(36)34(28)18-26(35)31-32-39(37,38)21-16-14-20(15-17-21)30(2,3)4/h6-17,28,32H,18H2,1-5H3,(H,31,35)/t28-/m0/s1.